The highest BCUT2D eigenvalue weighted by molar-refractivity contribution is 6.31. The number of ether oxygens (including phenoxy) is 3. The van der Waals surface area contributed by atoms with Crippen molar-refractivity contribution >= 4 is 11.6 Å². The van der Waals surface area contributed by atoms with Crippen LogP contribution in [0.1, 0.15) is 30.1 Å². The fourth-order valence-corrected chi connectivity index (χ4v) is 3.91. The zero-order valence-electron chi connectivity index (χ0n) is 14.9. The first-order valence-electron chi connectivity index (χ1n) is 9.06. The number of benzene rings is 1. The highest BCUT2D eigenvalue weighted by Crippen LogP contribution is 2.35. The van der Waals surface area contributed by atoms with Crippen molar-refractivity contribution in [3.63, 3.8) is 0 Å². The van der Waals surface area contributed by atoms with Crippen LogP contribution in [0.3, 0.4) is 0 Å². The number of methoxy groups -OCH3 is 1. The second-order valence-electron chi connectivity index (χ2n) is 7.13. The smallest absolute Gasteiger partial charge is 0.113 e. The van der Waals surface area contributed by atoms with Crippen molar-refractivity contribution < 1.29 is 29.5 Å². The van der Waals surface area contributed by atoms with Crippen LogP contribution in [0.15, 0.2) is 18.2 Å². The Kier molecular flexibility index (Phi) is 6.91. The summed E-state index contributed by atoms with van der Waals surface area (Å²) >= 11 is 6.38. The van der Waals surface area contributed by atoms with Gasteiger partial charge in [0.2, 0.25) is 0 Å². The van der Waals surface area contributed by atoms with Crippen LogP contribution in [-0.2, 0) is 20.6 Å². The quantitative estimate of drug-likeness (QED) is 0.710. The standard InChI is InChI=1S/C19H27ClO6/c1-24-10-15-16(21)17(22)18(23)19(26-15)12-2-3-14(20)13(9-12)8-11-4-6-25-7-5-11/h2-3,9,11,15-19,21-23H,4-8,10H2,1H3/t15?,16-,17+,18-,19+/m1/s1. The van der Waals surface area contributed by atoms with Gasteiger partial charge in [0.1, 0.15) is 30.5 Å². The van der Waals surface area contributed by atoms with Gasteiger partial charge in [-0.15, -0.1) is 0 Å². The van der Waals surface area contributed by atoms with Crippen LogP contribution in [0.2, 0.25) is 5.02 Å². The van der Waals surface area contributed by atoms with Crippen LogP contribution in [-0.4, -0.2) is 66.7 Å². The fourth-order valence-electron chi connectivity index (χ4n) is 3.72. The van der Waals surface area contributed by atoms with Gasteiger partial charge in [-0.3, -0.25) is 0 Å². The molecule has 0 aliphatic carbocycles. The molecule has 0 aromatic heterocycles. The number of aliphatic hydroxyl groups is 3. The van der Waals surface area contributed by atoms with Gasteiger partial charge < -0.3 is 29.5 Å². The third-order valence-electron chi connectivity index (χ3n) is 5.29. The molecule has 0 radical (unpaired) electrons. The van der Waals surface area contributed by atoms with Gasteiger partial charge in [-0.25, -0.2) is 0 Å². The molecule has 3 rings (SSSR count). The van der Waals surface area contributed by atoms with Gasteiger partial charge in [0.15, 0.2) is 0 Å². The molecule has 1 aromatic carbocycles. The van der Waals surface area contributed by atoms with Gasteiger partial charge in [0, 0.05) is 25.3 Å². The lowest BCUT2D eigenvalue weighted by molar-refractivity contribution is -0.233. The normalized spacial score (nSPS) is 33.3. The van der Waals surface area contributed by atoms with E-state index in [0.717, 1.165) is 43.6 Å². The average molecular weight is 387 g/mol. The Morgan fingerprint density at radius 1 is 1.12 bits per heavy atom. The number of aliphatic hydroxyl groups excluding tert-OH is 3. The van der Waals surface area contributed by atoms with E-state index in [4.69, 9.17) is 25.8 Å². The number of hydrogen-bond donors (Lipinski definition) is 3. The molecule has 5 atom stereocenters. The van der Waals surface area contributed by atoms with Crippen LogP contribution in [0, 0.1) is 5.92 Å². The van der Waals surface area contributed by atoms with E-state index in [2.05, 4.69) is 0 Å². The van der Waals surface area contributed by atoms with Gasteiger partial charge in [0.25, 0.3) is 0 Å². The van der Waals surface area contributed by atoms with E-state index in [-0.39, 0.29) is 6.61 Å². The van der Waals surface area contributed by atoms with E-state index in [1.807, 2.05) is 6.07 Å². The van der Waals surface area contributed by atoms with Crippen molar-refractivity contribution in [1.82, 2.24) is 0 Å². The molecule has 2 aliphatic heterocycles. The summed E-state index contributed by atoms with van der Waals surface area (Å²) < 4.78 is 16.3. The van der Waals surface area contributed by atoms with Gasteiger partial charge in [-0.2, -0.15) is 0 Å². The zero-order chi connectivity index (χ0) is 18.7. The minimum Gasteiger partial charge on any atom is -0.388 e. The van der Waals surface area contributed by atoms with Crippen molar-refractivity contribution in [3.05, 3.63) is 34.3 Å². The Hall–Kier alpha value is -0.730. The highest BCUT2D eigenvalue weighted by atomic mass is 35.5. The molecule has 7 heteroatoms. The molecule has 2 saturated heterocycles. The first-order chi connectivity index (χ1) is 12.5. The lowest BCUT2D eigenvalue weighted by Crippen LogP contribution is -2.55. The van der Waals surface area contributed by atoms with E-state index in [9.17, 15) is 15.3 Å². The Labute approximate surface area is 158 Å². The number of rotatable bonds is 5. The summed E-state index contributed by atoms with van der Waals surface area (Å²) in [7, 11) is 1.50. The Morgan fingerprint density at radius 3 is 2.54 bits per heavy atom. The van der Waals surface area contributed by atoms with E-state index >= 15 is 0 Å². The number of hydrogen-bond acceptors (Lipinski definition) is 6. The second kappa shape index (κ2) is 8.97. The van der Waals surface area contributed by atoms with E-state index < -0.39 is 30.5 Å². The predicted octanol–water partition coefficient (Wildman–Crippen LogP) is 1.48. The summed E-state index contributed by atoms with van der Waals surface area (Å²) in [6.07, 6.45) is -2.34. The molecule has 0 amide bonds. The van der Waals surface area contributed by atoms with E-state index in [1.54, 1.807) is 12.1 Å². The average Bonchev–Trinajstić information content (AvgIpc) is 2.65. The summed E-state index contributed by atoms with van der Waals surface area (Å²) in [6.45, 7) is 1.67. The molecule has 3 N–H and O–H groups in total. The summed E-state index contributed by atoms with van der Waals surface area (Å²) in [4.78, 5) is 0. The molecular formula is C19H27ClO6. The SMILES string of the molecule is COCC1O[C@@H](c2ccc(Cl)c(CC3CCOCC3)c2)[C@H](O)[C@@H](O)[C@@H]1O. The lowest BCUT2D eigenvalue weighted by atomic mass is 9.88. The zero-order valence-corrected chi connectivity index (χ0v) is 15.6. The van der Waals surface area contributed by atoms with Crippen molar-refractivity contribution in [3.8, 4) is 0 Å². The van der Waals surface area contributed by atoms with Gasteiger partial charge in [-0.05, 0) is 42.4 Å². The Bertz CT molecular complexity index is 591. The largest absolute Gasteiger partial charge is 0.388 e. The lowest BCUT2D eigenvalue weighted by Gasteiger charge is -2.40. The Balaban J connectivity index is 1.79. The van der Waals surface area contributed by atoms with Crippen LogP contribution in [0.4, 0.5) is 0 Å². The topological polar surface area (TPSA) is 88.4 Å². The summed E-state index contributed by atoms with van der Waals surface area (Å²) in [5.74, 6) is 0.516. The maximum absolute atomic E-state index is 10.4. The maximum Gasteiger partial charge on any atom is 0.113 e. The number of halogens is 1. The summed E-state index contributed by atoms with van der Waals surface area (Å²) in [5, 5.41) is 31.3. The van der Waals surface area contributed by atoms with Crippen molar-refractivity contribution in [2.75, 3.05) is 26.9 Å². The molecular weight excluding hydrogens is 360 g/mol. The molecule has 0 bridgehead atoms. The molecule has 0 saturated carbocycles. The maximum atomic E-state index is 10.4. The highest BCUT2D eigenvalue weighted by Gasteiger charge is 2.44. The second-order valence-corrected chi connectivity index (χ2v) is 7.54. The minimum atomic E-state index is -1.30. The van der Waals surface area contributed by atoms with Gasteiger partial charge in [-0.1, -0.05) is 23.7 Å². The molecule has 146 valence electrons. The van der Waals surface area contributed by atoms with Crippen LogP contribution < -0.4 is 0 Å². The van der Waals surface area contributed by atoms with E-state index in [1.165, 1.54) is 7.11 Å². The van der Waals surface area contributed by atoms with Gasteiger partial charge >= 0.3 is 0 Å². The molecule has 6 nitrogen and oxygen atoms in total. The first-order valence-corrected chi connectivity index (χ1v) is 9.43. The summed E-state index contributed by atoms with van der Waals surface area (Å²) in [5.41, 5.74) is 1.73. The summed E-state index contributed by atoms with van der Waals surface area (Å²) in [6, 6.07) is 5.52. The van der Waals surface area contributed by atoms with Crippen molar-refractivity contribution in [2.24, 2.45) is 5.92 Å². The molecule has 26 heavy (non-hydrogen) atoms. The van der Waals surface area contributed by atoms with E-state index in [0.29, 0.717) is 10.9 Å². The molecule has 2 heterocycles. The van der Waals surface area contributed by atoms with Crippen molar-refractivity contribution in [2.45, 2.75) is 49.8 Å². The fraction of sp³-hybridized carbons (Fsp3) is 0.684. The van der Waals surface area contributed by atoms with Crippen molar-refractivity contribution in [1.29, 1.82) is 0 Å². The monoisotopic (exact) mass is 386 g/mol. The first kappa shape index (κ1) is 20.0. The minimum absolute atomic E-state index is 0.129. The molecule has 0 spiro atoms. The van der Waals surface area contributed by atoms with Crippen LogP contribution in [0.5, 0.6) is 0 Å². The molecule has 2 fully saturated rings. The van der Waals surface area contributed by atoms with Crippen LogP contribution >= 0.6 is 11.6 Å². The molecule has 1 unspecified atom stereocenters. The van der Waals surface area contributed by atoms with Crippen LogP contribution in [0.25, 0.3) is 0 Å². The third-order valence-corrected chi connectivity index (χ3v) is 5.66. The Morgan fingerprint density at radius 2 is 1.85 bits per heavy atom. The predicted molar refractivity (Wildman–Crippen MR) is 96.2 cm³/mol. The van der Waals surface area contributed by atoms with Gasteiger partial charge in [0.05, 0.1) is 6.61 Å². The third kappa shape index (κ3) is 4.39. The molecule has 1 aromatic rings. The molecule has 2 aliphatic rings.